The quantitative estimate of drug-likeness (QED) is 0.911. The highest BCUT2D eigenvalue weighted by Gasteiger charge is 2.12. The molecule has 3 heteroatoms. The minimum Gasteiger partial charge on any atom is -0.341 e. The number of nitrogens with two attached hydrogens (primary N) is 1. The molecule has 0 spiro atoms. The summed E-state index contributed by atoms with van der Waals surface area (Å²) in [5, 5.41) is 0. The number of aromatic nitrogens is 1. The number of hydrogen-bond donors (Lipinski definition) is 1. The van der Waals surface area contributed by atoms with Crippen molar-refractivity contribution in [2.75, 3.05) is 11.4 Å². The zero-order valence-corrected chi connectivity index (χ0v) is 11.9. The molecule has 2 rings (SSSR count). The average molecular weight is 255 g/mol. The third-order valence-electron chi connectivity index (χ3n) is 3.24. The maximum absolute atomic E-state index is 5.83. The minimum atomic E-state index is 0.505. The van der Waals surface area contributed by atoms with Gasteiger partial charge in [-0.05, 0) is 44.5 Å². The Morgan fingerprint density at radius 1 is 1.21 bits per heavy atom. The molecule has 0 radical (unpaired) electrons. The van der Waals surface area contributed by atoms with Crippen LogP contribution in [0.25, 0.3) is 0 Å². The summed E-state index contributed by atoms with van der Waals surface area (Å²) in [5.74, 6) is 0. The molecule has 0 aliphatic heterocycles. The second-order valence-electron chi connectivity index (χ2n) is 4.74. The number of hydrogen-bond acceptors (Lipinski definition) is 3. The van der Waals surface area contributed by atoms with Gasteiger partial charge >= 0.3 is 0 Å². The normalized spacial score (nSPS) is 10.5. The van der Waals surface area contributed by atoms with Gasteiger partial charge in [0.1, 0.15) is 0 Å². The maximum Gasteiger partial charge on any atom is 0.0489 e. The topological polar surface area (TPSA) is 42.2 Å². The summed E-state index contributed by atoms with van der Waals surface area (Å²) in [6.07, 6.45) is 1.88. The zero-order valence-electron chi connectivity index (χ0n) is 11.9. The Labute approximate surface area is 115 Å². The molecule has 0 aliphatic rings. The Hall–Kier alpha value is -1.87. The highest BCUT2D eigenvalue weighted by molar-refractivity contribution is 5.66. The fraction of sp³-hybridized carbons (Fsp3) is 0.312. The van der Waals surface area contributed by atoms with Crippen LogP contribution in [-0.4, -0.2) is 11.5 Å². The molecule has 1 aromatic carbocycles. The van der Waals surface area contributed by atoms with E-state index in [0.717, 1.165) is 23.5 Å². The maximum atomic E-state index is 5.83. The van der Waals surface area contributed by atoms with Gasteiger partial charge < -0.3 is 10.6 Å². The van der Waals surface area contributed by atoms with Gasteiger partial charge in [0, 0.05) is 41.9 Å². The minimum absolute atomic E-state index is 0.505. The fourth-order valence-corrected chi connectivity index (χ4v) is 2.27. The van der Waals surface area contributed by atoms with Crippen molar-refractivity contribution in [1.82, 2.24) is 4.98 Å². The van der Waals surface area contributed by atoms with E-state index in [1.165, 1.54) is 11.3 Å². The third kappa shape index (κ3) is 2.93. The predicted octanol–water partition coefficient (Wildman–Crippen LogP) is 3.32. The van der Waals surface area contributed by atoms with Crippen LogP contribution in [0.15, 0.2) is 36.5 Å². The lowest BCUT2D eigenvalue weighted by Gasteiger charge is -2.26. The van der Waals surface area contributed by atoms with Gasteiger partial charge in [-0.2, -0.15) is 0 Å². The second-order valence-corrected chi connectivity index (χ2v) is 4.74. The summed E-state index contributed by atoms with van der Waals surface area (Å²) in [6.45, 7) is 7.68. The van der Waals surface area contributed by atoms with Gasteiger partial charge in [0.25, 0.3) is 0 Å². The lowest BCUT2D eigenvalue weighted by atomic mass is 10.1. The van der Waals surface area contributed by atoms with Crippen LogP contribution in [0.4, 0.5) is 11.4 Å². The van der Waals surface area contributed by atoms with Crippen molar-refractivity contribution in [2.24, 2.45) is 5.73 Å². The number of nitrogens with zero attached hydrogens (tertiary/aromatic N) is 2. The molecule has 100 valence electrons. The first kappa shape index (κ1) is 13.6. The Bertz CT molecular complexity index is 564. The van der Waals surface area contributed by atoms with E-state index in [-0.39, 0.29) is 0 Å². The van der Waals surface area contributed by atoms with E-state index in [2.05, 4.69) is 54.1 Å². The monoisotopic (exact) mass is 255 g/mol. The van der Waals surface area contributed by atoms with E-state index in [1.54, 1.807) is 0 Å². The molecule has 0 aliphatic carbocycles. The molecule has 2 N–H and O–H groups in total. The van der Waals surface area contributed by atoms with Gasteiger partial charge in [-0.25, -0.2) is 0 Å². The molecular formula is C16H21N3. The highest BCUT2D eigenvalue weighted by Crippen LogP contribution is 2.29. The van der Waals surface area contributed by atoms with Crippen LogP contribution in [0, 0.1) is 13.8 Å². The van der Waals surface area contributed by atoms with Gasteiger partial charge in [-0.3, -0.25) is 4.98 Å². The van der Waals surface area contributed by atoms with Gasteiger partial charge in [-0.1, -0.05) is 12.1 Å². The molecule has 0 bridgehead atoms. The highest BCUT2D eigenvalue weighted by atomic mass is 15.1. The van der Waals surface area contributed by atoms with E-state index in [1.807, 2.05) is 13.1 Å². The van der Waals surface area contributed by atoms with Crippen LogP contribution >= 0.6 is 0 Å². The number of pyridine rings is 1. The molecule has 0 unspecified atom stereocenters. The van der Waals surface area contributed by atoms with Crippen molar-refractivity contribution in [1.29, 1.82) is 0 Å². The van der Waals surface area contributed by atoms with Gasteiger partial charge in [0.2, 0.25) is 0 Å². The van der Waals surface area contributed by atoms with E-state index >= 15 is 0 Å². The molecule has 1 aromatic heterocycles. The van der Waals surface area contributed by atoms with Gasteiger partial charge in [0.05, 0.1) is 0 Å². The number of rotatable bonds is 4. The first-order valence-corrected chi connectivity index (χ1v) is 6.65. The number of anilines is 2. The second kappa shape index (κ2) is 5.85. The molecule has 1 heterocycles. The van der Waals surface area contributed by atoms with Gasteiger partial charge in [-0.15, -0.1) is 0 Å². The summed E-state index contributed by atoms with van der Waals surface area (Å²) in [6, 6.07) is 10.6. The smallest absolute Gasteiger partial charge is 0.0489 e. The lowest BCUT2D eigenvalue weighted by molar-refractivity contribution is 0.963. The van der Waals surface area contributed by atoms with Crippen LogP contribution < -0.4 is 10.6 Å². The zero-order chi connectivity index (χ0) is 13.8. The molecule has 0 amide bonds. The van der Waals surface area contributed by atoms with Crippen molar-refractivity contribution in [3.05, 3.63) is 53.3 Å². The molecule has 0 saturated heterocycles. The standard InChI is InChI=1S/C16H21N3/c1-4-19(15-7-5-6-12(2)8-15)16-9-13(3)18-11-14(16)10-17/h5-9,11H,4,10,17H2,1-3H3. The van der Waals surface area contributed by atoms with Crippen molar-refractivity contribution in [2.45, 2.75) is 27.3 Å². The molecule has 0 atom stereocenters. The summed E-state index contributed by atoms with van der Waals surface area (Å²) in [5.41, 5.74) is 11.5. The van der Waals surface area contributed by atoms with E-state index in [4.69, 9.17) is 5.73 Å². The summed E-state index contributed by atoms with van der Waals surface area (Å²) in [7, 11) is 0. The van der Waals surface area contributed by atoms with Crippen LogP contribution in [0.2, 0.25) is 0 Å². The van der Waals surface area contributed by atoms with Crippen LogP contribution in [0.3, 0.4) is 0 Å². The Morgan fingerprint density at radius 2 is 2.00 bits per heavy atom. The first-order chi connectivity index (χ1) is 9.15. The van der Waals surface area contributed by atoms with Crippen LogP contribution in [0.5, 0.6) is 0 Å². The van der Waals surface area contributed by atoms with E-state index in [9.17, 15) is 0 Å². The lowest BCUT2D eigenvalue weighted by Crippen LogP contribution is -2.19. The first-order valence-electron chi connectivity index (χ1n) is 6.65. The largest absolute Gasteiger partial charge is 0.341 e. The van der Waals surface area contributed by atoms with Crippen LogP contribution in [-0.2, 0) is 6.54 Å². The van der Waals surface area contributed by atoms with E-state index in [0.29, 0.717) is 6.54 Å². The summed E-state index contributed by atoms with van der Waals surface area (Å²) < 4.78 is 0. The fourth-order valence-electron chi connectivity index (χ4n) is 2.27. The molecule has 19 heavy (non-hydrogen) atoms. The van der Waals surface area contributed by atoms with Crippen LogP contribution in [0.1, 0.15) is 23.7 Å². The third-order valence-corrected chi connectivity index (χ3v) is 3.24. The summed E-state index contributed by atoms with van der Waals surface area (Å²) in [4.78, 5) is 6.61. The van der Waals surface area contributed by atoms with Crippen molar-refractivity contribution < 1.29 is 0 Å². The van der Waals surface area contributed by atoms with Gasteiger partial charge in [0.15, 0.2) is 0 Å². The molecule has 2 aromatic rings. The molecular weight excluding hydrogens is 234 g/mol. The Balaban J connectivity index is 2.50. The Kier molecular flexibility index (Phi) is 4.17. The summed E-state index contributed by atoms with van der Waals surface area (Å²) >= 11 is 0. The number of aryl methyl sites for hydroxylation is 2. The number of benzene rings is 1. The van der Waals surface area contributed by atoms with Crippen molar-refractivity contribution in [3.63, 3.8) is 0 Å². The average Bonchev–Trinajstić information content (AvgIpc) is 2.40. The Morgan fingerprint density at radius 3 is 2.63 bits per heavy atom. The van der Waals surface area contributed by atoms with Crippen molar-refractivity contribution in [3.8, 4) is 0 Å². The SMILES string of the molecule is CCN(c1cccc(C)c1)c1cc(C)ncc1CN. The van der Waals surface area contributed by atoms with E-state index < -0.39 is 0 Å². The predicted molar refractivity (Wildman–Crippen MR) is 80.7 cm³/mol. The molecule has 3 nitrogen and oxygen atoms in total. The molecule has 0 saturated carbocycles. The van der Waals surface area contributed by atoms with Crippen molar-refractivity contribution >= 4 is 11.4 Å². The molecule has 0 fully saturated rings.